The number of nitrogens with zero attached hydrogens (tertiary/aromatic N) is 4. The van der Waals surface area contributed by atoms with Crippen LogP contribution in [0.2, 0.25) is 5.28 Å². The van der Waals surface area contributed by atoms with Gasteiger partial charge in [-0.2, -0.15) is 4.98 Å². The summed E-state index contributed by atoms with van der Waals surface area (Å²) in [5, 5.41) is 13.3. The molecule has 2 aromatic heterocycles. The van der Waals surface area contributed by atoms with Gasteiger partial charge < -0.3 is 4.90 Å². The number of hydrogen-bond donors (Lipinski definition) is 0. The van der Waals surface area contributed by atoms with Gasteiger partial charge >= 0.3 is 5.69 Å². The van der Waals surface area contributed by atoms with E-state index in [1.54, 1.807) is 30.2 Å². The largest absolute Gasteiger partial charge is 0.351 e. The van der Waals surface area contributed by atoms with E-state index in [-0.39, 0.29) is 28.5 Å². The van der Waals surface area contributed by atoms with E-state index in [0.717, 1.165) is 6.42 Å². The first-order valence-corrected chi connectivity index (χ1v) is 7.59. The van der Waals surface area contributed by atoms with E-state index in [4.69, 9.17) is 11.6 Å². The molecule has 0 saturated heterocycles. The molecule has 0 aliphatic rings. The summed E-state index contributed by atoms with van der Waals surface area (Å²) in [5.41, 5.74) is 0.171. The second-order valence-corrected chi connectivity index (χ2v) is 6.12. The molecule has 0 spiro atoms. The maximum absolute atomic E-state index is 11.3. The standard InChI is InChI=1S/C13H15ClN4O2S/c1-8(7-10-5-4-6-21-10)17(3)12-11(18(19)20)9(2)15-13(14)16-12/h4-6,8H,7H2,1-3H3. The van der Waals surface area contributed by atoms with Crippen LogP contribution in [-0.2, 0) is 6.42 Å². The summed E-state index contributed by atoms with van der Waals surface area (Å²) in [4.78, 5) is 21.7. The minimum absolute atomic E-state index is 0.0169. The van der Waals surface area contributed by atoms with Gasteiger partial charge in [-0.05, 0) is 36.9 Å². The first kappa shape index (κ1) is 15.7. The summed E-state index contributed by atoms with van der Waals surface area (Å²) in [6.45, 7) is 3.56. The number of nitro groups is 1. The number of halogens is 1. The normalized spacial score (nSPS) is 12.2. The Morgan fingerprint density at radius 1 is 1.52 bits per heavy atom. The van der Waals surface area contributed by atoms with E-state index in [1.807, 2.05) is 24.4 Å². The molecule has 0 aromatic carbocycles. The quantitative estimate of drug-likeness (QED) is 0.478. The number of hydrogen-bond acceptors (Lipinski definition) is 6. The summed E-state index contributed by atoms with van der Waals surface area (Å²) >= 11 is 7.51. The molecule has 0 amide bonds. The van der Waals surface area contributed by atoms with Crippen molar-refractivity contribution in [2.24, 2.45) is 0 Å². The Labute approximate surface area is 131 Å². The predicted molar refractivity (Wildman–Crippen MR) is 84.3 cm³/mol. The Balaban J connectivity index is 2.33. The average Bonchev–Trinajstić information content (AvgIpc) is 2.89. The second kappa shape index (κ2) is 6.36. The van der Waals surface area contributed by atoms with Gasteiger partial charge in [0.2, 0.25) is 11.1 Å². The summed E-state index contributed by atoms with van der Waals surface area (Å²) in [6, 6.07) is 4.08. The molecule has 0 aliphatic carbocycles. The molecule has 2 heterocycles. The van der Waals surface area contributed by atoms with Crippen molar-refractivity contribution in [3.63, 3.8) is 0 Å². The van der Waals surface area contributed by atoms with Crippen LogP contribution in [0, 0.1) is 17.0 Å². The first-order valence-electron chi connectivity index (χ1n) is 6.34. The molecular weight excluding hydrogens is 312 g/mol. The van der Waals surface area contributed by atoms with Crippen molar-refractivity contribution in [3.05, 3.63) is 43.5 Å². The Bertz CT molecular complexity index is 648. The summed E-state index contributed by atoms with van der Waals surface area (Å²) < 4.78 is 0. The minimum atomic E-state index is -0.463. The molecule has 0 aliphatic heterocycles. The summed E-state index contributed by atoms with van der Waals surface area (Å²) in [5.74, 6) is 0.251. The van der Waals surface area contributed by atoms with Gasteiger partial charge in [-0.15, -0.1) is 11.3 Å². The Kier molecular flexibility index (Phi) is 4.74. The molecule has 2 rings (SSSR count). The van der Waals surface area contributed by atoms with Crippen molar-refractivity contribution in [1.29, 1.82) is 0 Å². The van der Waals surface area contributed by atoms with Gasteiger partial charge in [0, 0.05) is 24.4 Å². The molecule has 21 heavy (non-hydrogen) atoms. The molecule has 0 fully saturated rings. The molecule has 0 bridgehead atoms. The number of anilines is 1. The number of rotatable bonds is 5. The van der Waals surface area contributed by atoms with Crippen molar-refractivity contribution in [1.82, 2.24) is 9.97 Å². The lowest BCUT2D eigenvalue weighted by atomic mass is 10.2. The SMILES string of the molecule is Cc1nc(Cl)nc(N(C)C(C)Cc2cccs2)c1[N+](=O)[O-]. The molecule has 0 radical (unpaired) electrons. The average molecular weight is 327 g/mol. The van der Waals surface area contributed by atoms with Gasteiger partial charge in [0.05, 0.1) is 4.92 Å². The van der Waals surface area contributed by atoms with Gasteiger partial charge in [0.15, 0.2) is 0 Å². The zero-order chi connectivity index (χ0) is 15.6. The molecule has 8 heteroatoms. The zero-order valence-electron chi connectivity index (χ0n) is 11.9. The fourth-order valence-corrected chi connectivity index (χ4v) is 3.08. The van der Waals surface area contributed by atoms with Crippen LogP contribution in [0.4, 0.5) is 11.5 Å². The Morgan fingerprint density at radius 2 is 2.24 bits per heavy atom. The van der Waals surface area contributed by atoms with Crippen LogP contribution in [0.5, 0.6) is 0 Å². The fourth-order valence-electron chi connectivity index (χ4n) is 2.04. The molecule has 0 saturated carbocycles. The third kappa shape index (κ3) is 3.48. The van der Waals surface area contributed by atoms with Crippen LogP contribution in [0.25, 0.3) is 0 Å². The lowest BCUT2D eigenvalue weighted by Crippen LogP contribution is -2.32. The molecule has 6 nitrogen and oxygen atoms in total. The highest BCUT2D eigenvalue weighted by Crippen LogP contribution is 2.30. The molecule has 1 atom stereocenters. The summed E-state index contributed by atoms with van der Waals surface area (Å²) in [7, 11) is 1.78. The maximum atomic E-state index is 11.3. The topological polar surface area (TPSA) is 72.2 Å². The van der Waals surface area contributed by atoms with Crippen LogP contribution in [0.15, 0.2) is 17.5 Å². The van der Waals surface area contributed by atoms with Crippen molar-refractivity contribution in [3.8, 4) is 0 Å². The third-order valence-electron chi connectivity index (χ3n) is 3.27. The first-order chi connectivity index (χ1) is 9.90. The van der Waals surface area contributed by atoms with E-state index >= 15 is 0 Å². The third-order valence-corrected chi connectivity index (χ3v) is 4.33. The minimum Gasteiger partial charge on any atom is -0.351 e. The predicted octanol–water partition coefficient (Wildman–Crippen LogP) is 3.48. The number of likely N-dealkylation sites (N-methyl/N-ethyl adjacent to an activating group) is 1. The lowest BCUT2D eigenvalue weighted by Gasteiger charge is -2.25. The zero-order valence-corrected chi connectivity index (χ0v) is 13.5. The van der Waals surface area contributed by atoms with E-state index in [0.29, 0.717) is 0 Å². The van der Waals surface area contributed by atoms with E-state index in [1.165, 1.54) is 4.88 Å². The fraction of sp³-hybridized carbons (Fsp3) is 0.385. The Hall–Kier alpha value is -1.73. The van der Waals surface area contributed by atoms with Crippen LogP contribution in [-0.4, -0.2) is 28.0 Å². The highest BCUT2D eigenvalue weighted by atomic mass is 35.5. The van der Waals surface area contributed by atoms with Crippen molar-refractivity contribution >= 4 is 34.4 Å². The van der Waals surface area contributed by atoms with Gasteiger partial charge in [-0.25, -0.2) is 4.98 Å². The molecule has 1 unspecified atom stereocenters. The van der Waals surface area contributed by atoms with Crippen LogP contribution >= 0.6 is 22.9 Å². The van der Waals surface area contributed by atoms with Gasteiger partial charge in [0.25, 0.3) is 0 Å². The molecule has 0 N–H and O–H groups in total. The molecular formula is C13H15ClN4O2S. The maximum Gasteiger partial charge on any atom is 0.332 e. The summed E-state index contributed by atoms with van der Waals surface area (Å²) in [6.07, 6.45) is 0.784. The number of thiophene rings is 1. The molecule has 2 aromatic rings. The van der Waals surface area contributed by atoms with Crippen molar-refractivity contribution < 1.29 is 4.92 Å². The highest BCUT2D eigenvalue weighted by molar-refractivity contribution is 7.09. The molecule has 112 valence electrons. The van der Waals surface area contributed by atoms with Gasteiger partial charge in [-0.3, -0.25) is 10.1 Å². The second-order valence-electron chi connectivity index (χ2n) is 4.75. The monoisotopic (exact) mass is 326 g/mol. The number of aromatic nitrogens is 2. The van der Waals surface area contributed by atoms with E-state index < -0.39 is 4.92 Å². The van der Waals surface area contributed by atoms with Crippen LogP contribution in [0.3, 0.4) is 0 Å². The Morgan fingerprint density at radius 3 is 2.81 bits per heavy atom. The van der Waals surface area contributed by atoms with E-state index in [9.17, 15) is 10.1 Å². The number of aryl methyl sites for hydroxylation is 1. The van der Waals surface area contributed by atoms with Gasteiger partial charge in [-0.1, -0.05) is 6.07 Å². The van der Waals surface area contributed by atoms with Gasteiger partial charge in [0.1, 0.15) is 5.69 Å². The highest BCUT2D eigenvalue weighted by Gasteiger charge is 2.26. The lowest BCUT2D eigenvalue weighted by molar-refractivity contribution is -0.385. The van der Waals surface area contributed by atoms with Crippen LogP contribution < -0.4 is 4.90 Å². The van der Waals surface area contributed by atoms with Crippen molar-refractivity contribution in [2.75, 3.05) is 11.9 Å². The van der Waals surface area contributed by atoms with Crippen molar-refractivity contribution in [2.45, 2.75) is 26.3 Å². The van der Waals surface area contributed by atoms with E-state index in [2.05, 4.69) is 9.97 Å². The smallest absolute Gasteiger partial charge is 0.332 e. The van der Waals surface area contributed by atoms with Crippen LogP contribution in [0.1, 0.15) is 17.5 Å².